The predicted octanol–water partition coefficient (Wildman–Crippen LogP) is 1.64. The number of rotatable bonds is 7. The lowest BCUT2D eigenvalue weighted by Gasteiger charge is -2.11. The van der Waals surface area contributed by atoms with Gasteiger partial charge < -0.3 is 16.8 Å². The van der Waals surface area contributed by atoms with Crippen molar-refractivity contribution in [2.45, 2.75) is 24.8 Å². The average Bonchev–Trinajstić information content (AvgIpc) is 3.21. The molecule has 144 valence electrons. The predicted molar refractivity (Wildman–Crippen MR) is 100 cm³/mol. The van der Waals surface area contributed by atoms with E-state index in [-0.39, 0.29) is 33.3 Å². The molecule has 10 nitrogen and oxygen atoms in total. The van der Waals surface area contributed by atoms with Crippen LogP contribution in [0.3, 0.4) is 0 Å². The standard InChI is InChI=1S/C15H18BrFN8O2/c16-9-7-8(1-2-10(9)17)21-13(23-26)11-12(25-27-24-11)20-6-5-15(3-4-15)22-14(18)19/h1-2,7,26H,3-6H2,(H,20,25)(H,21,23)(H4,18,19,22). The SMILES string of the molecule is NC(N)=NC1(CCNc2nonc2C(=Nc2ccc(F)c(Br)c2)NO)CC1. The van der Waals surface area contributed by atoms with Gasteiger partial charge in [0, 0.05) is 6.54 Å². The van der Waals surface area contributed by atoms with Gasteiger partial charge in [-0.05, 0) is 63.7 Å². The van der Waals surface area contributed by atoms with Crippen LogP contribution in [0.5, 0.6) is 0 Å². The summed E-state index contributed by atoms with van der Waals surface area (Å²) in [7, 11) is 0. The number of anilines is 1. The molecule has 0 amide bonds. The molecule has 2 aromatic rings. The van der Waals surface area contributed by atoms with Crippen molar-refractivity contribution < 1.29 is 14.2 Å². The van der Waals surface area contributed by atoms with Crippen LogP contribution in [-0.4, -0.2) is 39.4 Å². The summed E-state index contributed by atoms with van der Waals surface area (Å²) in [6, 6.07) is 4.15. The zero-order valence-corrected chi connectivity index (χ0v) is 15.7. The summed E-state index contributed by atoms with van der Waals surface area (Å²) in [5.41, 5.74) is 13.2. The molecule has 27 heavy (non-hydrogen) atoms. The number of halogens is 2. The molecule has 0 spiro atoms. The third kappa shape index (κ3) is 4.71. The van der Waals surface area contributed by atoms with E-state index in [2.05, 4.69) is 41.5 Å². The lowest BCUT2D eigenvalue weighted by molar-refractivity contribution is 0.234. The number of amidine groups is 1. The molecular weight excluding hydrogens is 423 g/mol. The maximum atomic E-state index is 13.3. The third-order valence-electron chi connectivity index (χ3n) is 4.04. The van der Waals surface area contributed by atoms with Crippen LogP contribution in [0.1, 0.15) is 25.0 Å². The molecule has 1 aliphatic carbocycles. The van der Waals surface area contributed by atoms with Crippen LogP contribution < -0.4 is 22.3 Å². The molecule has 12 heteroatoms. The van der Waals surface area contributed by atoms with Crippen LogP contribution in [0.25, 0.3) is 0 Å². The van der Waals surface area contributed by atoms with Crippen LogP contribution in [0.4, 0.5) is 15.9 Å². The van der Waals surface area contributed by atoms with Gasteiger partial charge in [-0.15, -0.1) is 0 Å². The van der Waals surface area contributed by atoms with Gasteiger partial charge in [-0.3, -0.25) is 10.7 Å². The van der Waals surface area contributed by atoms with Gasteiger partial charge in [0.2, 0.25) is 5.82 Å². The van der Waals surface area contributed by atoms with E-state index in [1.54, 1.807) is 0 Å². The van der Waals surface area contributed by atoms with E-state index in [0.717, 1.165) is 12.8 Å². The normalized spacial score (nSPS) is 15.3. The van der Waals surface area contributed by atoms with Crippen molar-refractivity contribution in [2.75, 3.05) is 11.9 Å². The smallest absolute Gasteiger partial charge is 0.202 e. The first-order valence-corrected chi connectivity index (χ1v) is 8.83. The molecule has 0 aliphatic heterocycles. The Labute approximate surface area is 162 Å². The van der Waals surface area contributed by atoms with Gasteiger partial charge in [0.25, 0.3) is 0 Å². The maximum absolute atomic E-state index is 13.3. The number of guanidine groups is 1. The number of nitrogens with zero attached hydrogens (tertiary/aromatic N) is 4. The van der Waals surface area contributed by atoms with Crippen LogP contribution in [0, 0.1) is 5.82 Å². The highest BCUT2D eigenvalue weighted by Crippen LogP contribution is 2.42. The molecular formula is C15H18BrFN8O2. The van der Waals surface area contributed by atoms with E-state index in [1.807, 2.05) is 5.48 Å². The van der Waals surface area contributed by atoms with E-state index < -0.39 is 5.82 Å². The average molecular weight is 441 g/mol. The Balaban J connectivity index is 1.71. The van der Waals surface area contributed by atoms with Gasteiger partial charge in [0.05, 0.1) is 15.7 Å². The van der Waals surface area contributed by atoms with E-state index >= 15 is 0 Å². The van der Waals surface area contributed by atoms with Crippen molar-refractivity contribution in [3.05, 3.63) is 34.2 Å². The minimum atomic E-state index is -0.423. The summed E-state index contributed by atoms with van der Waals surface area (Å²) in [5, 5.41) is 20.0. The Hall–Kier alpha value is -2.73. The molecule has 1 aromatic carbocycles. The number of aromatic nitrogens is 2. The number of nitrogens with one attached hydrogen (secondary N) is 2. The second kappa shape index (κ2) is 7.88. The van der Waals surface area contributed by atoms with Gasteiger partial charge in [-0.2, -0.15) is 0 Å². The second-order valence-corrected chi connectivity index (χ2v) is 6.92. The highest BCUT2D eigenvalue weighted by molar-refractivity contribution is 9.10. The molecule has 0 saturated heterocycles. The number of hydroxylamine groups is 1. The minimum Gasteiger partial charge on any atom is -0.370 e. The Morgan fingerprint density at radius 2 is 2.15 bits per heavy atom. The number of hydrogen-bond acceptors (Lipinski definition) is 7. The molecule has 7 N–H and O–H groups in total. The fourth-order valence-electron chi connectivity index (χ4n) is 2.52. The quantitative estimate of drug-likeness (QED) is 0.246. The molecule has 1 aromatic heterocycles. The number of hydrogen-bond donors (Lipinski definition) is 5. The molecule has 3 rings (SSSR count). The Bertz CT molecular complexity index is 876. The first-order valence-electron chi connectivity index (χ1n) is 8.04. The van der Waals surface area contributed by atoms with Crippen LogP contribution >= 0.6 is 15.9 Å². The molecule has 1 saturated carbocycles. The fourth-order valence-corrected chi connectivity index (χ4v) is 2.89. The van der Waals surface area contributed by atoms with Crippen molar-refractivity contribution in [3.63, 3.8) is 0 Å². The minimum absolute atomic E-state index is 0.0115. The molecule has 0 unspecified atom stereocenters. The second-order valence-electron chi connectivity index (χ2n) is 6.07. The molecule has 1 aliphatic rings. The number of aliphatic imine (C=N–C) groups is 2. The molecule has 0 atom stereocenters. The van der Waals surface area contributed by atoms with Gasteiger partial charge in [0.15, 0.2) is 17.5 Å². The van der Waals surface area contributed by atoms with Gasteiger partial charge in [0.1, 0.15) is 5.82 Å². The van der Waals surface area contributed by atoms with Crippen molar-refractivity contribution >= 4 is 39.2 Å². The van der Waals surface area contributed by atoms with Crippen molar-refractivity contribution in [2.24, 2.45) is 21.5 Å². The summed E-state index contributed by atoms with van der Waals surface area (Å²) in [6.45, 7) is 0.513. The van der Waals surface area contributed by atoms with E-state index in [9.17, 15) is 9.60 Å². The van der Waals surface area contributed by atoms with Gasteiger partial charge in [-0.1, -0.05) is 0 Å². The monoisotopic (exact) mass is 440 g/mol. The number of nitrogens with two attached hydrogens (primary N) is 2. The van der Waals surface area contributed by atoms with Crippen molar-refractivity contribution in [3.8, 4) is 0 Å². The summed E-state index contributed by atoms with van der Waals surface area (Å²) < 4.78 is 18.3. The Morgan fingerprint density at radius 3 is 2.78 bits per heavy atom. The Kier molecular flexibility index (Phi) is 5.56. The lowest BCUT2D eigenvalue weighted by atomic mass is 10.2. The van der Waals surface area contributed by atoms with Crippen molar-refractivity contribution in [1.29, 1.82) is 0 Å². The van der Waals surface area contributed by atoms with Gasteiger partial charge in [-0.25, -0.2) is 19.0 Å². The van der Waals surface area contributed by atoms with E-state index in [4.69, 9.17) is 16.1 Å². The van der Waals surface area contributed by atoms with Crippen molar-refractivity contribution in [1.82, 2.24) is 15.8 Å². The lowest BCUT2D eigenvalue weighted by Crippen LogP contribution is -2.27. The third-order valence-corrected chi connectivity index (χ3v) is 4.65. The maximum Gasteiger partial charge on any atom is 0.202 e. The first-order chi connectivity index (χ1) is 12.9. The first kappa shape index (κ1) is 19.0. The summed E-state index contributed by atoms with van der Waals surface area (Å²) in [4.78, 5) is 8.44. The summed E-state index contributed by atoms with van der Waals surface area (Å²) >= 11 is 3.08. The van der Waals surface area contributed by atoms with E-state index in [1.165, 1.54) is 18.2 Å². The Morgan fingerprint density at radius 1 is 1.37 bits per heavy atom. The fraction of sp³-hybridized carbons (Fsp3) is 0.333. The van der Waals surface area contributed by atoms with Crippen LogP contribution in [0.15, 0.2) is 37.3 Å². The number of benzene rings is 1. The largest absolute Gasteiger partial charge is 0.370 e. The molecule has 1 heterocycles. The summed E-state index contributed by atoms with van der Waals surface area (Å²) in [5.74, 6) is -0.0760. The highest BCUT2D eigenvalue weighted by Gasteiger charge is 2.42. The van der Waals surface area contributed by atoms with Crippen LogP contribution in [-0.2, 0) is 0 Å². The molecule has 0 radical (unpaired) electrons. The zero-order chi connectivity index (χ0) is 19.4. The molecule has 0 bridgehead atoms. The molecule has 1 fully saturated rings. The van der Waals surface area contributed by atoms with E-state index in [0.29, 0.717) is 18.7 Å². The van der Waals surface area contributed by atoms with Gasteiger partial charge >= 0.3 is 0 Å². The highest BCUT2D eigenvalue weighted by atomic mass is 79.9. The topological polar surface area (TPSA) is 160 Å². The zero-order valence-electron chi connectivity index (χ0n) is 14.1. The van der Waals surface area contributed by atoms with Crippen LogP contribution in [0.2, 0.25) is 0 Å². The summed E-state index contributed by atoms with van der Waals surface area (Å²) in [6.07, 6.45) is 2.53.